The Balaban J connectivity index is 1.62. The zero-order valence-corrected chi connectivity index (χ0v) is 14.5. The Hall–Kier alpha value is -3.87. The molecule has 0 atom stereocenters. The second-order valence-electron chi connectivity index (χ2n) is 5.45. The Morgan fingerprint density at radius 3 is 1.93 bits per heavy atom. The van der Waals surface area contributed by atoms with Crippen molar-refractivity contribution in [2.75, 3.05) is 7.11 Å². The Morgan fingerprint density at radius 1 is 0.778 bits per heavy atom. The van der Waals surface area contributed by atoms with Gasteiger partial charge in [0.15, 0.2) is 0 Å². The lowest BCUT2D eigenvalue weighted by molar-refractivity contribution is 0.0846. The number of nitrogens with one attached hydrogen (secondary N) is 2. The van der Waals surface area contributed by atoms with Crippen LogP contribution in [-0.2, 0) is 0 Å². The Bertz CT molecular complexity index is 945. The number of aromatic nitrogens is 1. The van der Waals surface area contributed by atoms with E-state index in [0.29, 0.717) is 28.4 Å². The van der Waals surface area contributed by atoms with Crippen LogP contribution in [0.4, 0.5) is 0 Å². The van der Waals surface area contributed by atoms with E-state index in [0.717, 1.165) is 0 Å². The van der Waals surface area contributed by atoms with Gasteiger partial charge in [-0.05, 0) is 48.5 Å². The van der Waals surface area contributed by atoms with E-state index in [9.17, 15) is 9.59 Å². The number of methoxy groups -OCH3 is 1. The lowest BCUT2D eigenvalue weighted by atomic mass is 10.2. The molecule has 0 saturated carbocycles. The van der Waals surface area contributed by atoms with Gasteiger partial charge in [0.25, 0.3) is 11.8 Å². The molecule has 0 saturated heterocycles. The number of pyridine rings is 1. The van der Waals surface area contributed by atoms with Crippen LogP contribution in [0.1, 0.15) is 20.7 Å². The molecule has 0 aliphatic rings. The highest BCUT2D eigenvalue weighted by Crippen LogP contribution is 2.21. The van der Waals surface area contributed by atoms with Gasteiger partial charge in [-0.25, -0.2) is 0 Å². The number of carbonyl (C=O) groups excluding carboxylic acids is 2. The number of nitrogens with zero attached hydrogens (tertiary/aromatic N) is 1. The van der Waals surface area contributed by atoms with Crippen LogP contribution in [0.15, 0.2) is 73.1 Å². The van der Waals surface area contributed by atoms with Crippen LogP contribution < -0.4 is 20.3 Å². The molecule has 0 bridgehead atoms. The van der Waals surface area contributed by atoms with Crippen molar-refractivity contribution in [2.45, 2.75) is 0 Å². The first-order chi connectivity index (χ1) is 13.2. The topological polar surface area (TPSA) is 89.6 Å². The van der Waals surface area contributed by atoms with E-state index in [1.165, 1.54) is 7.11 Å². The van der Waals surface area contributed by atoms with Gasteiger partial charge < -0.3 is 9.47 Å². The first-order valence-corrected chi connectivity index (χ1v) is 8.08. The van der Waals surface area contributed by atoms with Crippen molar-refractivity contribution in [3.05, 3.63) is 84.2 Å². The van der Waals surface area contributed by atoms with Crippen molar-refractivity contribution >= 4 is 11.8 Å². The Morgan fingerprint density at radius 2 is 1.33 bits per heavy atom. The number of hydrogen-bond donors (Lipinski definition) is 2. The maximum absolute atomic E-state index is 12.3. The largest absolute Gasteiger partial charge is 0.497 e. The van der Waals surface area contributed by atoms with Crippen LogP contribution in [-0.4, -0.2) is 23.9 Å². The summed E-state index contributed by atoms with van der Waals surface area (Å²) in [6, 6.07) is 16.6. The van der Waals surface area contributed by atoms with Crippen molar-refractivity contribution in [1.82, 2.24) is 15.8 Å². The summed E-state index contributed by atoms with van der Waals surface area (Å²) in [6.07, 6.45) is 3.22. The van der Waals surface area contributed by atoms with E-state index in [1.807, 2.05) is 0 Å². The molecule has 7 nitrogen and oxygen atoms in total. The molecule has 0 unspecified atom stereocenters. The second-order valence-corrected chi connectivity index (χ2v) is 5.45. The second kappa shape index (κ2) is 8.48. The van der Waals surface area contributed by atoms with E-state index >= 15 is 0 Å². The molecular formula is C20H17N3O4. The van der Waals surface area contributed by atoms with E-state index in [1.54, 1.807) is 73.1 Å². The van der Waals surface area contributed by atoms with Crippen LogP contribution in [0.2, 0.25) is 0 Å². The monoisotopic (exact) mass is 363 g/mol. The molecule has 0 fully saturated rings. The van der Waals surface area contributed by atoms with E-state index in [2.05, 4.69) is 15.8 Å². The van der Waals surface area contributed by atoms with Crippen molar-refractivity contribution in [3.63, 3.8) is 0 Å². The smallest absolute Gasteiger partial charge is 0.269 e. The molecule has 0 radical (unpaired) electrons. The van der Waals surface area contributed by atoms with E-state index in [-0.39, 0.29) is 0 Å². The summed E-state index contributed by atoms with van der Waals surface area (Å²) in [4.78, 5) is 28.4. The molecule has 0 aliphatic carbocycles. The number of rotatable bonds is 5. The quantitative estimate of drug-likeness (QED) is 0.680. The van der Waals surface area contributed by atoms with E-state index in [4.69, 9.17) is 9.47 Å². The van der Waals surface area contributed by atoms with Crippen LogP contribution in [0.25, 0.3) is 0 Å². The molecule has 136 valence electrons. The SMILES string of the molecule is COc1cccc(C(=O)NNC(=O)c2cccc(Oc3ccncc3)c2)c1. The maximum Gasteiger partial charge on any atom is 0.269 e. The number of ether oxygens (including phenoxy) is 2. The number of hydrazine groups is 1. The molecule has 0 spiro atoms. The summed E-state index contributed by atoms with van der Waals surface area (Å²) < 4.78 is 10.7. The summed E-state index contributed by atoms with van der Waals surface area (Å²) in [5, 5.41) is 0. The lowest BCUT2D eigenvalue weighted by Gasteiger charge is -2.10. The molecule has 3 rings (SSSR count). The number of hydrogen-bond acceptors (Lipinski definition) is 5. The van der Waals surface area contributed by atoms with Gasteiger partial charge in [-0.2, -0.15) is 0 Å². The van der Waals surface area contributed by atoms with Crippen LogP contribution in [0.5, 0.6) is 17.2 Å². The molecule has 2 N–H and O–H groups in total. The van der Waals surface area contributed by atoms with Gasteiger partial charge in [0.2, 0.25) is 0 Å². The molecule has 3 aromatic rings. The molecular weight excluding hydrogens is 346 g/mol. The molecule has 2 amide bonds. The van der Waals surface area contributed by atoms with Crippen molar-refractivity contribution in [2.24, 2.45) is 0 Å². The molecule has 2 aromatic carbocycles. The predicted molar refractivity (Wildman–Crippen MR) is 98.7 cm³/mol. The fraction of sp³-hybridized carbons (Fsp3) is 0.0500. The average molecular weight is 363 g/mol. The standard InChI is InChI=1S/C20H17N3O4/c1-26-17-6-2-4-14(12-17)19(24)22-23-20(25)15-5-3-7-18(13-15)27-16-8-10-21-11-9-16/h2-13H,1H3,(H,22,24)(H,23,25). The minimum atomic E-state index is -0.466. The van der Waals surface area contributed by atoms with Gasteiger partial charge in [-0.15, -0.1) is 0 Å². The van der Waals surface area contributed by atoms with Gasteiger partial charge in [0.05, 0.1) is 7.11 Å². The first-order valence-electron chi connectivity index (χ1n) is 8.08. The normalized spacial score (nSPS) is 9.96. The highest BCUT2D eigenvalue weighted by molar-refractivity contribution is 5.99. The van der Waals surface area contributed by atoms with Crippen molar-refractivity contribution < 1.29 is 19.1 Å². The fourth-order valence-electron chi connectivity index (χ4n) is 2.27. The minimum absolute atomic E-state index is 0.340. The fourth-order valence-corrected chi connectivity index (χ4v) is 2.27. The van der Waals surface area contributed by atoms with Gasteiger partial charge in [-0.3, -0.25) is 25.4 Å². The third-order valence-electron chi connectivity index (χ3n) is 3.60. The molecule has 1 aromatic heterocycles. The molecule has 1 heterocycles. The Labute approximate surface area is 155 Å². The van der Waals surface area contributed by atoms with E-state index < -0.39 is 11.8 Å². The van der Waals surface area contributed by atoms with Gasteiger partial charge in [-0.1, -0.05) is 12.1 Å². The number of benzene rings is 2. The van der Waals surface area contributed by atoms with Crippen LogP contribution in [0.3, 0.4) is 0 Å². The molecule has 7 heteroatoms. The number of carbonyl (C=O) groups is 2. The highest BCUT2D eigenvalue weighted by atomic mass is 16.5. The van der Waals surface area contributed by atoms with Gasteiger partial charge in [0.1, 0.15) is 17.2 Å². The Kier molecular flexibility index (Phi) is 5.64. The highest BCUT2D eigenvalue weighted by Gasteiger charge is 2.11. The third-order valence-corrected chi connectivity index (χ3v) is 3.60. The minimum Gasteiger partial charge on any atom is -0.497 e. The summed E-state index contributed by atoms with van der Waals surface area (Å²) in [5.74, 6) is 0.731. The molecule has 0 aliphatic heterocycles. The summed E-state index contributed by atoms with van der Waals surface area (Å²) in [7, 11) is 1.51. The van der Waals surface area contributed by atoms with Crippen molar-refractivity contribution in [1.29, 1.82) is 0 Å². The maximum atomic E-state index is 12.3. The molecule has 27 heavy (non-hydrogen) atoms. The predicted octanol–water partition coefficient (Wildman–Crippen LogP) is 2.96. The van der Waals surface area contributed by atoms with Gasteiger partial charge in [0, 0.05) is 23.5 Å². The van der Waals surface area contributed by atoms with Crippen LogP contribution >= 0.6 is 0 Å². The third kappa shape index (κ3) is 4.82. The van der Waals surface area contributed by atoms with Gasteiger partial charge >= 0.3 is 0 Å². The zero-order valence-electron chi connectivity index (χ0n) is 14.5. The lowest BCUT2D eigenvalue weighted by Crippen LogP contribution is -2.41. The first kappa shape index (κ1) is 17.9. The summed E-state index contributed by atoms with van der Waals surface area (Å²) in [6.45, 7) is 0. The van der Waals surface area contributed by atoms with Crippen molar-refractivity contribution in [3.8, 4) is 17.2 Å². The summed E-state index contributed by atoms with van der Waals surface area (Å²) in [5.41, 5.74) is 5.46. The van der Waals surface area contributed by atoms with Crippen LogP contribution in [0, 0.1) is 0 Å². The number of amides is 2. The average Bonchev–Trinajstić information content (AvgIpc) is 2.72. The summed E-state index contributed by atoms with van der Waals surface area (Å²) >= 11 is 0. The zero-order chi connectivity index (χ0) is 19.1.